The highest BCUT2D eigenvalue weighted by Gasteiger charge is 2.25. The van der Waals surface area contributed by atoms with Crippen LogP contribution in [0.2, 0.25) is 0 Å². The van der Waals surface area contributed by atoms with E-state index in [9.17, 15) is 14.7 Å². The summed E-state index contributed by atoms with van der Waals surface area (Å²) in [5.74, 6) is -2.07. The van der Waals surface area contributed by atoms with Crippen LogP contribution in [-0.2, 0) is 4.79 Å². The Kier molecular flexibility index (Phi) is 4.34. The molecule has 0 saturated heterocycles. The van der Waals surface area contributed by atoms with E-state index in [1.807, 2.05) is 6.07 Å². The Hall–Kier alpha value is -2.46. The van der Waals surface area contributed by atoms with Crippen molar-refractivity contribution in [3.05, 3.63) is 29.6 Å². The van der Waals surface area contributed by atoms with Gasteiger partial charge in [-0.05, 0) is 19.1 Å². The number of nitrogens with one attached hydrogen (secondary N) is 1. The first kappa shape index (κ1) is 13.6. The number of carboxylic acids is 1. The number of nitrogens with zero attached hydrogens (tertiary/aromatic N) is 2. The van der Waals surface area contributed by atoms with Crippen LogP contribution in [0.25, 0.3) is 0 Å². The van der Waals surface area contributed by atoms with Crippen LogP contribution in [0, 0.1) is 11.3 Å². The Bertz CT molecular complexity index is 490. The standard InChI is InChI=1S/C11H11N3O4/c1-6(15)9(11(17)18)14-10(16)8-3-2-7(4-12)5-13-8/h2-3,5-6,9,15H,1H3,(H,14,16)(H,17,18)/t6-,9+/m1/s1. The molecule has 0 saturated carbocycles. The molecule has 0 spiro atoms. The van der Waals surface area contributed by atoms with Gasteiger partial charge in [0.05, 0.1) is 11.7 Å². The first-order valence-corrected chi connectivity index (χ1v) is 5.03. The summed E-state index contributed by atoms with van der Waals surface area (Å²) < 4.78 is 0. The Morgan fingerprint density at radius 3 is 2.56 bits per heavy atom. The fourth-order valence-corrected chi connectivity index (χ4v) is 1.20. The molecule has 0 aliphatic carbocycles. The number of carbonyl (C=O) groups is 2. The fraction of sp³-hybridized carbons (Fsp3) is 0.273. The summed E-state index contributed by atoms with van der Waals surface area (Å²) in [7, 11) is 0. The van der Waals surface area contributed by atoms with E-state index in [0.29, 0.717) is 0 Å². The number of nitriles is 1. The summed E-state index contributed by atoms with van der Waals surface area (Å²) >= 11 is 0. The second-order valence-corrected chi connectivity index (χ2v) is 3.57. The summed E-state index contributed by atoms with van der Waals surface area (Å²) in [5, 5.41) is 28.7. The number of aliphatic hydroxyl groups is 1. The first-order valence-electron chi connectivity index (χ1n) is 5.03. The van der Waals surface area contributed by atoms with Crippen molar-refractivity contribution >= 4 is 11.9 Å². The highest BCUT2D eigenvalue weighted by atomic mass is 16.4. The lowest BCUT2D eigenvalue weighted by Crippen LogP contribution is -2.47. The molecule has 0 fully saturated rings. The molecular formula is C11H11N3O4. The van der Waals surface area contributed by atoms with Gasteiger partial charge in [0.15, 0.2) is 6.04 Å². The fourth-order valence-electron chi connectivity index (χ4n) is 1.20. The number of carbonyl (C=O) groups excluding carboxylic acids is 1. The van der Waals surface area contributed by atoms with Gasteiger partial charge in [0.2, 0.25) is 0 Å². The zero-order chi connectivity index (χ0) is 13.7. The van der Waals surface area contributed by atoms with Gasteiger partial charge in [-0.15, -0.1) is 0 Å². The van der Waals surface area contributed by atoms with Crippen LogP contribution in [0.15, 0.2) is 18.3 Å². The van der Waals surface area contributed by atoms with Crippen molar-refractivity contribution in [1.29, 1.82) is 5.26 Å². The molecule has 1 amide bonds. The summed E-state index contributed by atoms with van der Waals surface area (Å²) in [4.78, 5) is 26.1. The molecule has 0 aliphatic heterocycles. The molecular weight excluding hydrogens is 238 g/mol. The summed E-state index contributed by atoms with van der Waals surface area (Å²) in [5.41, 5.74) is 0.262. The van der Waals surface area contributed by atoms with Gasteiger partial charge >= 0.3 is 5.97 Å². The van der Waals surface area contributed by atoms with Crippen molar-refractivity contribution in [1.82, 2.24) is 10.3 Å². The first-order chi connectivity index (χ1) is 8.45. The largest absolute Gasteiger partial charge is 0.480 e. The molecule has 0 unspecified atom stereocenters. The van der Waals surface area contributed by atoms with E-state index in [-0.39, 0.29) is 11.3 Å². The molecule has 2 atom stereocenters. The van der Waals surface area contributed by atoms with E-state index in [1.165, 1.54) is 25.3 Å². The number of aliphatic hydroxyl groups excluding tert-OH is 1. The predicted octanol–water partition coefficient (Wildman–Crippen LogP) is -0.483. The maximum atomic E-state index is 11.6. The van der Waals surface area contributed by atoms with Crippen LogP contribution in [0.5, 0.6) is 0 Å². The third-order valence-corrected chi connectivity index (χ3v) is 2.16. The highest BCUT2D eigenvalue weighted by molar-refractivity contribution is 5.95. The van der Waals surface area contributed by atoms with Crippen LogP contribution < -0.4 is 5.32 Å². The third-order valence-electron chi connectivity index (χ3n) is 2.16. The summed E-state index contributed by atoms with van der Waals surface area (Å²) in [6.45, 7) is 1.26. The van der Waals surface area contributed by atoms with Gasteiger partial charge in [0.25, 0.3) is 5.91 Å². The number of aliphatic carboxylic acids is 1. The number of rotatable bonds is 4. The van der Waals surface area contributed by atoms with Crippen LogP contribution in [0.1, 0.15) is 23.0 Å². The normalized spacial score (nSPS) is 13.2. The topological polar surface area (TPSA) is 123 Å². The number of carboxylic acid groups (broad SMARTS) is 1. The Morgan fingerprint density at radius 1 is 1.50 bits per heavy atom. The number of pyridine rings is 1. The molecule has 18 heavy (non-hydrogen) atoms. The van der Waals surface area contributed by atoms with Gasteiger partial charge in [0.1, 0.15) is 11.8 Å². The maximum Gasteiger partial charge on any atom is 0.328 e. The number of aromatic nitrogens is 1. The molecule has 0 radical (unpaired) electrons. The summed E-state index contributed by atoms with van der Waals surface area (Å²) in [6, 6.07) is 3.12. The summed E-state index contributed by atoms with van der Waals surface area (Å²) in [6.07, 6.45) is -0.0302. The smallest absolute Gasteiger partial charge is 0.328 e. The molecule has 1 rings (SSSR count). The van der Waals surface area contributed by atoms with Crippen LogP contribution >= 0.6 is 0 Å². The van der Waals surface area contributed by atoms with Gasteiger partial charge in [-0.25, -0.2) is 9.78 Å². The van der Waals surface area contributed by atoms with Crippen molar-refractivity contribution in [3.8, 4) is 6.07 Å². The lowest BCUT2D eigenvalue weighted by atomic mass is 10.1. The molecule has 1 aromatic rings. The van der Waals surface area contributed by atoms with Crippen LogP contribution in [0.3, 0.4) is 0 Å². The van der Waals surface area contributed by atoms with E-state index in [2.05, 4.69) is 10.3 Å². The maximum absolute atomic E-state index is 11.6. The zero-order valence-corrected chi connectivity index (χ0v) is 9.49. The van der Waals surface area contributed by atoms with Crippen molar-refractivity contribution in [2.75, 3.05) is 0 Å². The van der Waals surface area contributed by atoms with Gasteiger partial charge in [-0.2, -0.15) is 5.26 Å². The molecule has 1 heterocycles. The average molecular weight is 249 g/mol. The third kappa shape index (κ3) is 3.26. The van der Waals surface area contributed by atoms with Crippen molar-refractivity contribution in [2.24, 2.45) is 0 Å². The monoisotopic (exact) mass is 249 g/mol. The Morgan fingerprint density at radius 2 is 2.17 bits per heavy atom. The van der Waals surface area contributed by atoms with E-state index >= 15 is 0 Å². The van der Waals surface area contributed by atoms with E-state index in [4.69, 9.17) is 10.4 Å². The van der Waals surface area contributed by atoms with E-state index in [1.54, 1.807) is 0 Å². The molecule has 7 nitrogen and oxygen atoms in total. The number of amides is 1. The molecule has 1 aromatic heterocycles. The Balaban J connectivity index is 2.81. The highest BCUT2D eigenvalue weighted by Crippen LogP contribution is 2.01. The second-order valence-electron chi connectivity index (χ2n) is 3.57. The second kappa shape index (κ2) is 5.75. The van der Waals surface area contributed by atoms with Crippen molar-refractivity contribution in [3.63, 3.8) is 0 Å². The molecule has 94 valence electrons. The number of hydrogen-bond acceptors (Lipinski definition) is 5. The zero-order valence-electron chi connectivity index (χ0n) is 9.49. The molecule has 0 aromatic carbocycles. The lowest BCUT2D eigenvalue weighted by molar-refractivity contribution is -0.141. The van der Waals surface area contributed by atoms with Gasteiger partial charge in [-0.3, -0.25) is 4.79 Å². The van der Waals surface area contributed by atoms with E-state index in [0.717, 1.165) is 0 Å². The lowest BCUT2D eigenvalue weighted by Gasteiger charge is -2.16. The van der Waals surface area contributed by atoms with Gasteiger partial charge in [-0.1, -0.05) is 0 Å². The molecule has 7 heteroatoms. The van der Waals surface area contributed by atoms with Crippen molar-refractivity contribution in [2.45, 2.75) is 19.1 Å². The average Bonchev–Trinajstić information content (AvgIpc) is 2.35. The minimum Gasteiger partial charge on any atom is -0.480 e. The van der Waals surface area contributed by atoms with Crippen LogP contribution in [-0.4, -0.2) is 39.2 Å². The number of hydrogen-bond donors (Lipinski definition) is 3. The minimum atomic E-state index is -1.41. The van der Waals surface area contributed by atoms with Crippen molar-refractivity contribution < 1.29 is 19.8 Å². The quantitative estimate of drug-likeness (QED) is 0.662. The van der Waals surface area contributed by atoms with Gasteiger partial charge in [0, 0.05) is 6.20 Å². The van der Waals surface area contributed by atoms with Gasteiger partial charge < -0.3 is 15.5 Å². The van der Waals surface area contributed by atoms with Crippen LogP contribution in [0.4, 0.5) is 0 Å². The van der Waals surface area contributed by atoms with E-state index < -0.39 is 24.0 Å². The molecule has 0 bridgehead atoms. The minimum absolute atomic E-state index is 0.0269. The SMILES string of the molecule is C[C@@H](O)[C@H](NC(=O)c1ccc(C#N)cn1)C(=O)O. The molecule has 3 N–H and O–H groups in total. The Labute approximate surface area is 103 Å². The predicted molar refractivity (Wildman–Crippen MR) is 59.5 cm³/mol. The molecule has 0 aliphatic rings.